The van der Waals surface area contributed by atoms with Gasteiger partial charge < -0.3 is 19.5 Å². The molecule has 0 aromatic heterocycles. The van der Waals surface area contributed by atoms with Crippen molar-refractivity contribution < 1.29 is 14.2 Å². The highest BCUT2D eigenvalue weighted by Crippen LogP contribution is 2.35. The molecule has 1 saturated heterocycles. The number of morpholine rings is 1. The summed E-state index contributed by atoms with van der Waals surface area (Å²) >= 11 is 0. The lowest BCUT2D eigenvalue weighted by molar-refractivity contribution is 0.0275. The highest BCUT2D eigenvalue weighted by molar-refractivity contribution is 5.44. The fraction of sp³-hybridized carbons (Fsp3) is 0.600. The summed E-state index contributed by atoms with van der Waals surface area (Å²) in [5.41, 5.74) is 1.14. The summed E-state index contributed by atoms with van der Waals surface area (Å²) < 4.78 is 17.1. The highest BCUT2D eigenvalue weighted by atomic mass is 16.5. The van der Waals surface area contributed by atoms with E-state index in [-0.39, 0.29) is 6.10 Å². The summed E-state index contributed by atoms with van der Waals surface area (Å²) in [7, 11) is 1.69. The minimum absolute atomic E-state index is 0.111. The van der Waals surface area contributed by atoms with Crippen LogP contribution in [-0.4, -0.2) is 32.9 Å². The summed E-state index contributed by atoms with van der Waals surface area (Å²) in [6, 6.07) is 6.12. The molecule has 1 N–H and O–H groups in total. The Kier molecular flexibility index (Phi) is 3.89. The van der Waals surface area contributed by atoms with Crippen LogP contribution in [0.25, 0.3) is 0 Å². The molecule has 0 bridgehead atoms. The summed E-state index contributed by atoms with van der Waals surface area (Å²) in [5.74, 6) is 1.65. The average molecular weight is 263 g/mol. The van der Waals surface area contributed by atoms with Crippen molar-refractivity contribution in [2.75, 3.05) is 26.8 Å². The van der Waals surface area contributed by atoms with Gasteiger partial charge in [-0.05, 0) is 37.0 Å². The fourth-order valence-corrected chi connectivity index (χ4v) is 2.43. The molecule has 1 saturated carbocycles. The zero-order valence-corrected chi connectivity index (χ0v) is 11.4. The van der Waals surface area contributed by atoms with E-state index in [0.717, 1.165) is 49.6 Å². The topological polar surface area (TPSA) is 39.7 Å². The Morgan fingerprint density at radius 2 is 2.16 bits per heavy atom. The van der Waals surface area contributed by atoms with Gasteiger partial charge in [-0.25, -0.2) is 0 Å². The predicted octanol–water partition coefficient (Wildman–Crippen LogP) is 2.29. The van der Waals surface area contributed by atoms with Gasteiger partial charge in [-0.15, -0.1) is 0 Å². The van der Waals surface area contributed by atoms with Crippen LogP contribution in [-0.2, 0) is 4.74 Å². The van der Waals surface area contributed by atoms with Gasteiger partial charge in [0.1, 0.15) is 0 Å². The molecule has 2 aliphatic rings. The van der Waals surface area contributed by atoms with E-state index in [4.69, 9.17) is 14.2 Å². The van der Waals surface area contributed by atoms with Crippen molar-refractivity contribution in [1.82, 2.24) is 5.32 Å². The second kappa shape index (κ2) is 5.80. The van der Waals surface area contributed by atoms with Crippen LogP contribution in [0.5, 0.6) is 11.5 Å². The zero-order chi connectivity index (χ0) is 13.1. The summed E-state index contributed by atoms with van der Waals surface area (Å²) in [6.07, 6.45) is 4.06. The van der Waals surface area contributed by atoms with E-state index in [1.807, 2.05) is 12.1 Å². The predicted molar refractivity (Wildman–Crippen MR) is 72.8 cm³/mol. The van der Waals surface area contributed by atoms with E-state index in [9.17, 15) is 0 Å². The monoisotopic (exact) mass is 263 g/mol. The maximum absolute atomic E-state index is 5.93. The van der Waals surface area contributed by atoms with E-state index in [1.165, 1.54) is 6.42 Å². The average Bonchev–Trinajstić information content (AvgIpc) is 2.44. The van der Waals surface area contributed by atoms with Crippen LogP contribution in [0.2, 0.25) is 0 Å². The van der Waals surface area contributed by atoms with Crippen LogP contribution in [0.15, 0.2) is 18.2 Å². The van der Waals surface area contributed by atoms with Crippen molar-refractivity contribution in [3.63, 3.8) is 0 Å². The molecule has 0 amide bonds. The number of nitrogens with one attached hydrogen (secondary N) is 1. The van der Waals surface area contributed by atoms with Crippen LogP contribution in [0.3, 0.4) is 0 Å². The maximum Gasteiger partial charge on any atom is 0.161 e. The zero-order valence-electron chi connectivity index (χ0n) is 11.4. The van der Waals surface area contributed by atoms with Gasteiger partial charge in [-0.3, -0.25) is 0 Å². The van der Waals surface area contributed by atoms with Crippen molar-refractivity contribution in [3.05, 3.63) is 23.8 Å². The van der Waals surface area contributed by atoms with Gasteiger partial charge in [-0.2, -0.15) is 0 Å². The molecule has 0 radical (unpaired) electrons. The first-order valence-corrected chi connectivity index (χ1v) is 7.04. The molecular formula is C15H21NO3. The van der Waals surface area contributed by atoms with Gasteiger partial charge >= 0.3 is 0 Å². The fourth-order valence-electron chi connectivity index (χ4n) is 2.43. The smallest absolute Gasteiger partial charge is 0.161 e. The lowest BCUT2D eigenvalue weighted by Crippen LogP contribution is -2.33. The second-order valence-electron chi connectivity index (χ2n) is 5.14. The Morgan fingerprint density at radius 1 is 1.26 bits per heavy atom. The molecule has 1 aromatic rings. The summed E-state index contributed by atoms with van der Waals surface area (Å²) in [5, 5.41) is 3.34. The third-order valence-electron chi connectivity index (χ3n) is 3.83. The molecule has 104 valence electrons. The number of rotatable bonds is 4. The molecule has 0 spiro atoms. The third-order valence-corrected chi connectivity index (χ3v) is 3.83. The van der Waals surface area contributed by atoms with Crippen LogP contribution in [0.4, 0.5) is 0 Å². The van der Waals surface area contributed by atoms with Gasteiger partial charge in [0.05, 0.1) is 25.9 Å². The number of hydrogen-bond donors (Lipinski definition) is 1. The van der Waals surface area contributed by atoms with Crippen molar-refractivity contribution in [3.8, 4) is 11.5 Å². The molecular weight excluding hydrogens is 242 g/mol. The molecule has 19 heavy (non-hydrogen) atoms. The summed E-state index contributed by atoms with van der Waals surface area (Å²) in [6.45, 7) is 2.54. The van der Waals surface area contributed by atoms with Crippen molar-refractivity contribution in [2.45, 2.75) is 31.5 Å². The maximum atomic E-state index is 5.93. The quantitative estimate of drug-likeness (QED) is 0.904. The Balaban J connectivity index is 1.75. The molecule has 2 fully saturated rings. The standard InChI is InChI=1S/C15H21NO3/c1-17-14-9-11(15-10-16-7-8-18-15)5-6-13(14)19-12-3-2-4-12/h5-6,9,12,15-16H,2-4,7-8,10H2,1H3. The minimum Gasteiger partial charge on any atom is -0.493 e. The molecule has 1 unspecified atom stereocenters. The van der Waals surface area contributed by atoms with E-state index in [0.29, 0.717) is 6.10 Å². The lowest BCUT2D eigenvalue weighted by Gasteiger charge is -2.28. The van der Waals surface area contributed by atoms with E-state index in [2.05, 4.69) is 11.4 Å². The molecule has 1 aliphatic carbocycles. The number of ether oxygens (including phenoxy) is 3. The molecule has 1 atom stereocenters. The number of benzene rings is 1. The molecule has 1 aromatic carbocycles. The van der Waals surface area contributed by atoms with Gasteiger partial charge in [-0.1, -0.05) is 6.07 Å². The summed E-state index contributed by atoms with van der Waals surface area (Å²) in [4.78, 5) is 0. The molecule has 1 heterocycles. The largest absolute Gasteiger partial charge is 0.493 e. The van der Waals surface area contributed by atoms with Gasteiger partial charge in [0.15, 0.2) is 11.5 Å². The van der Waals surface area contributed by atoms with Crippen LogP contribution >= 0.6 is 0 Å². The van der Waals surface area contributed by atoms with E-state index >= 15 is 0 Å². The van der Waals surface area contributed by atoms with Crippen LogP contribution in [0.1, 0.15) is 30.9 Å². The van der Waals surface area contributed by atoms with Gasteiger partial charge in [0, 0.05) is 13.1 Å². The normalized spacial score (nSPS) is 23.7. The molecule has 4 heteroatoms. The van der Waals surface area contributed by atoms with Gasteiger partial charge in [0.25, 0.3) is 0 Å². The third kappa shape index (κ3) is 2.85. The SMILES string of the molecule is COc1cc(C2CNCCO2)ccc1OC1CCC1. The first-order valence-electron chi connectivity index (χ1n) is 7.04. The Hall–Kier alpha value is -1.26. The molecule has 4 nitrogen and oxygen atoms in total. The number of methoxy groups -OCH3 is 1. The highest BCUT2D eigenvalue weighted by Gasteiger charge is 2.22. The van der Waals surface area contributed by atoms with E-state index in [1.54, 1.807) is 7.11 Å². The minimum atomic E-state index is 0.111. The Labute approximate surface area is 114 Å². The lowest BCUT2D eigenvalue weighted by atomic mass is 9.96. The molecule has 3 rings (SSSR count). The van der Waals surface area contributed by atoms with Gasteiger partial charge in [0.2, 0.25) is 0 Å². The van der Waals surface area contributed by atoms with E-state index < -0.39 is 0 Å². The van der Waals surface area contributed by atoms with Crippen LogP contribution in [0, 0.1) is 0 Å². The molecule has 1 aliphatic heterocycles. The first kappa shape index (κ1) is 12.8. The van der Waals surface area contributed by atoms with Crippen molar-refractivity contribution >= 4 is 0 Å². The first-order chi connectivity index (χ1) is 9.36. The van der Waals surface area contributed by atoms with Crippen molar-refractivity contribution in [2.24, 2.45) is 0 Å². The second-order valence-corrected chi connectivity index (χ2v) is 5.14. The Morgan fingerprint density at radius 3 is 2.79 bits per heavy atom. The Bertz CT molecular complexity index is 425. The van der Waals surface area contributed by atoms with Crippen LogP contribution < -0.4 is 14.8 Å². The number of hydrogen-bond acceptors (Lipinski definition) is 4. The van der Waals surface area contributed by atoms with Crippen molar-refractivity contribution in [1.29, 1.82) is 0 Å².